The van der Waals surface area contributed by atoms with Gasteiger partial charge in [0.2, 0.25) is 11.8 Å². The number of rotatable bonds is 6. The highest BCUT2D eigenvalue weighted by atomic mass is 35.5. The van der Waals surface area contributed by atoms with Gasteiger partial charge in [0.05, 0.1) is 0 Å². The molecule has 0 atom stereocenters. The van der Waals surface area contributed by atoms with Crippen molar-refractivity contribution in [2.75, 3.05) is 26.7 Å². The van der Waals surface area contributed by atoms with E-state index < -0.39 is 0 Å². The van der Waals surface area contributed by atoms with Crippen molar-refractivity contribution in [3.05, 3.63) is 29.3 Å². The Balaban J connectivity index is 1.36. The van der Waals surface area contributed by atoms with E-state index in [0.29, 0.717) is 49.2 Å². The van der Waals surface area contributed by atoms with Gasteiger partial charge in [-0.25, -0.2) is 4.79 Å². The van der Waals surface area contributed by atoms with Crippen LogP contribution in [0.15, 0.2) is 24.3 Å². The lowest BCUT2D eigenvalue weighted by molar-refractivity contribution is -0.139. The van der Waals surface area contributed by atoms with Crippen LogP contribution in [0, 0.1) is 17.8 Å². The second kappa shape index (κ2) is 10.8. The predicted molar refractivity (Wildman–Crippen MR) is 119 cm³/mol. The van der Waals surface area contributed by atoms with Crippen LogP contribution < -0.4 is 10.5 Å². The van der Waals surface area contributed by atoms with E-state index in [-0.39, 0.29) is 29.7 Å². The SMILES string of the molecule is CN(CC[C@H]1CC[C@H](C(=O)N2CCC(C(N)=O)CC2)CC1)C(=O)Oc1ccc(Cl)cc1. The van der Waals surface area contributed by atoms with Crippen molar-refractivity contribution in [3.8, 4) is 5.75 Å². The van der Waals surface area contributed by atoms with Crippen molar-refractivity contribution in [2.24, 2.45) is 23.5 Å². The monoisotopic (exact) mass is 449 g/mol. The molecular formula is C23H32ClN3O4. The lowest BCUT2D eigenvalue weighted by atomic mass is 9.79. The quantitative estimate of drug-likeness (QED) is 0.716. The molecule has 1 saturated carbocycles. The summed E-state index contributed by atoms with van der Waals surface area (Å²) in [7, 11) is 1.74. The van der Waals surface area contributed by atoms with E-state index in [1.54, 1.807) is 36.2 Å². The molecule has 1 aliphatic heterocycles. The van der Waals surface area contributed by atoms with Crippen LogP contribution >= 0.6 is 11.6 Å². The van der Waals surface area contributed by atoms with Crippen LogP contribution in [-0.4, -0.2) is 54.4 Å². The van der Waals surface area contributed by atoms with Crippen LogP contribution in [0.2, 0.25) is 5.02 Å². The fourth-order valence-corrected chi connectivity index (χ4v) is 4.62. The van der Waals surface area contributed by atoms with E-state index in [0.717, 1.165) is 32.1 Å². The number of benzene rings is 1. The van der Waals surface area contributed by atoms with Gasteiger partial charge in [-0.1, -0.05) is 11.6 Å². The average Bonchev–Trinajstić information content (AvgIpc) is 2.79. The Kier molecular flexibility index (Phi) is 8.18. The van der Waals surface area contributed by atoms with E-state index >= 15 is 0 Å². The number of carbonyl (C=O) groups is 3. The molecule has 8 heteroatoms. The summed E-state index contributed by atoms with van der Waals surface area (Å²) in [4.78, 5) is 39.9. The molecule has 0 aromatic heterocycles. The van der Waals surface area contributed by atoms with Gasteiger partial charge in [-0.2, -0.15) is 0 Å². The molecule has 0 spiro atoms. The van der Waals surface area contributed by atoms with Crippen molar-refractivity contribution in [1.82, 2.24) is 9.80 Å². The van der Waals surface area contributed by atoms with Crippen molar-refractivity contribution >= 4 is 29.5 Å². The molecule has 1 aliphatic carbocycles. The molecular weight excluding hydrogens is 418 g/mol. The molecule has 1 aromatic carbocycles. The molecule has 0 radical (unpaired) electrons. The van der Waals surface area contributed by atoms with Crippen LogP contribution in [-0.2, 0) is 9.59 Å². The Labute approximate surface area is 188 Å². The Hall–Kier alpha value is -2.28. The Morgan fingerprint density at radius 1 is 1.03 bits per heavy atom. The summed E-state index contributed by atoms with van der Waals surface area (Å²) < 4.78 is 5.36. The first-order valence-corrected chi connectivity index (χ1v) is 11.5. The fourth-order valence-electron chi connectivity index (χ4n) is 4.49. The van der Waals surface area contributed by atoms with Crippen LogP contribution in [0.4, 0.5) is 4.79 Å². The van der Waals surface area contributed by atoms with Gasteiger partial charge >= 0.3 is 6.09 Å². The Morgan fingerprint density at radius 3 is 2.23 bits per heavy atom. The molecule has 0 unspecified atom stereocenters. The number of halogens is 1. The number of likely N-dealkylation sites (tertiary alicyclic amines) is 1. The van der Waals surface area contributed by atoms with Crippen molar-refractivity contribution in [1.29, 1.82) is 0 Å². The highest BCUT2D eigenvalue weighted by molar-refractivity contribution is 6.30. The van der Waals surface area contributed by atoms with E-state index in [1.165, 1.54) is 0 Å². The largest absolute Gasteiger partial charge is 0.414 e. The number of nitrogens with two attached hydrogens (primary N) is 1. The summed E-state index contributed by atoms with van der Waals surface area (Å²) in [5.41, 5.74) is 5.38. The molecule has 7 nitrogen and oxygen atoms in total. The van der Waals surface area contributed by atoms with E-state index in [1.807, 2.05) is 4.90 Å². The lowest BCUT2D eigenvalue weighted by Gasteiger charge is -2.35. The van der Waals surface area contributed by atoms with Crippen molar-refractivity contribution in [3.63, 3.8) is 0 Å². The number of hydrogen-bond donors (Lipinski definition) is 1. The molecule has 1 aromatic rings. The lowest BCUT2D eigenvalue weighted by Crippen LogP contribution is -2.44. The number of hydrogen-bond acceptors (Lipinski definition) is 4. The third-order valence-electron chi connectivity index (χ3n) is 6.61. The molecule has 2 aliphatic rings. The minimum absolute atomic E-state index is 0.0778. The third-order valence-corrected chi connectivity index (χ3v) is 6.86. The summed E-state index contributed by atoms with van der Waals surface area (Å²) in [6.45, 7) is 1.89. The van der Waals surface area contributed by atoms with E-state index in [2.05, 4.69) is 0 Å². The molecule has 2 fully saturated rings. The zero-order valence-electron chi connectivity index (χ0n) is 18.1. The molecule has 1 saturated heterocycles. The molecule has 170 valence electrons. The minimum Gasteiger partial charge on any atom is -0.410 e. The van der Waals surface area contributed by atoms with Crippen LogP contribution in [0.3, 0.4) is 0 Å². The standard InChI is InChI=1S/C23H32ClN3O4/c1-26(23(30)31-20-8-6-19(24)7-9-20)13-10-16-2-4-18(5-3-16)22(29)27-14-11-17(12-15-27)21(25)28/h6-9,16-18H,2-5,10-15H2,1H3,(H2,25,28)/t16-,18-. The highest BCUT2D eigenvalue weighted by Gasteiger charge is 2.32. The van der Waals surface area contributed by atoms with Crippen LogP contribution in [0.5, 0.6) is 5.75 Å². The van der Waals surface area contributed by atoms with Gasteiger partial charge in [-0.3, -0.25) is 9.59 Å². The molecule has 3 rings (SSSR count). The molecule has 3 amide bonds. The summed E-state index contributed by atoms with van der Waals surface area (Å²) in [6, 6.07) is 6.71. The number of amides is 3. The smallest absolute Gasteiger partial charge is 0.410 e. The van der Waals surface area contributed by atoms with E-state index in [4.69, 9.17) is 22.1 Å². The van der Waals surface area contributed by atoms with Gasteiger partial charge in [0, 0.05) is 43.5 Å². The van der Waals surface area contributed by atoms with Gasteiger partial charge in [0.1, 0.15) is 5.75 Å². The maximum atomic E-state index is 12.8. The van der Waals surface area contributed by atoms with Gasteiger partial charge in [-0.05, 0) is 75.1 Å². The van der Waals surface area contributed by atoms with Crippen LogP contribution in [0.25, 0.3) is 0 Å². The van der Waals surface area contributed by atoms with Gasteiger partial charge < -0.3 is 20.3 Å². The third kappa shape index (κ3) is 6.60. The first kappa shape index (κ1) is 23.4. The zero-order valence-corrected chi connectivity index (χ0v) is 18.9. The highest BCUT2D eigenvalue weighted by Crippen LogP contribution is 2.33. The molecule has 2 N–H and O–H groups in total. The van der Waals surface area contributed by atoms with Crippen LogP contribution in [0.1, 0.15) is 44.9 Å². The topological polar surface area (TPSA) is 92.9 Å². The summed E-state index contributed by atoms with van der Waals surface area (Å²) in [5.74, 6) is 0.937. The maximum absolute atomic E-state index is 12.8. The number of nitrogens with zero attached hydrogens (tertiary/aromatic N) is 2. The van der Waals surface area contributed by atoms with Gasteiger partial charge in [-0.15, -0.1) is 0 Å². The zero-order chi connectivity index (χ0) is 22.4. The molecule has 1 heterocycles. The van der Waals surface area contributed by atoms with Crippen molar-refractivity contribution in [2.45, 2.75) is 44.9 Å². The second-order valence-corrected chi connectivity index (χ2v) is 9.19. The summed E-state index contributed by atoms with van der Waals surface area (Å²) in [6.07, 6.45) is 5.63. The van der Waals surface area contributed by atoms with Gasteiger partial charge in [0.25, 0.3) is 0 Å². The second-order valence-electron chi connectivity index (χ2n) is 8.75. The maximum Gasteiger partial charge on any atom is 0.414 e. The number of ether oxygens (including phenoxy) is 1. The summed E-state index contributed by atoms with van der Waals surface area (Å²) in [5, 5.41) is 0.595. The minimum atomic E-state index is -0.384. The fraction of sp³-hybridized carbons (Fsp3) is 0.609. The van der Waals surface area contributed by atoms with Crippen molar-refractivity contribution < 1.29 is 19.1 Å². The molecule has 31 heavy (non-hydrogen) atoms. The Morgan fingerprint density at radius 2 is 1.65 bits per heavy atom. The first-order chi connectivity index (χ1) is 14.8. The summed E-state index contributed by atoms with van der Waals surface area (Å²) >= 11 is 5.85. The number of piperidine rings is 1. The first-order valence-electron chi connectivity index (χ1n) is 11.1. The normalized spacial score (nSPS) is 22.1. The average molecular weight is 450 g/mol. The number of carbonyl (C=O) groups excluding carboxylic acids is 3. The number of primary amides is 1. The Bertz CT molecular complexity index is 770. The predicted octanol–water partition coefficient (Wildman–Crippen LogP) is 3.69. The van der Waals surface area contributed by atoms with E-state index in [9.17, 15) is 14.4 Å². The molecule has 0 bridgehead atoms. The van der Waals surface area contributed by atoms with Gasteiger partial charge in [0.15, 0.2) is 0 Å².